The highest BCUT2D eigenvalue weighted by molar-refractivity contribution is 5.08. The molecular weight excluding hydrogens is 72.1 g/mol. The number of rotatable bonds is 1. The van der Waals surface area contributed by atoms with E-state index in [4.69, 9.17) is 6.42 Å². The van der Waals surface area contributed by atoms with Crippen molar-refractivity contribution in [1.82, 2.24) is 0 Å². The zero-order valence-electron chi connectivity index (χ0n) is 3.65. The molecule has 6 heavy (non-hydrogen) atoms. The van der Waals surface area contributed by atoms with E-state index in [0.29, 0.717) is 0 Å². The summed E-state index contributed by atoms with van der Waals surface area (Å²) in [6.45, 7) is 3.54. The summed E-state index contributed by atoms with van der Waals surface area (Å²) in [5.41, 5.74) is 0. The van der Waals surface area contributed by atoms with Crippen molar-refractivity contribution < 1.29 is 0 Å². The van der Waals surface area contributed by atoms with Crippen LogP contribution in [0, 0.1) is 19.3 Å². The molecule has 0 amide bonds. The number of terminal acetylenes is 1. The van der Waals surface area contributed by atoms with E-state index in [1.54, 1.807) is 6.08 Å². The highest BCUT2D eigenvalue weighted by atomic mass is 13.6. The zero-order valence-corrected chi connectivity index (χ0v) is 3.65. The summed E-state index contributed by atoms with van der Waals surface area (Å²) in [5.74, 6) is 2.35. The summed E-state index contributed by atoms with van der Waals surface area (Å²) in [6.07, 6.45) is 9.11. The SMILES string of the molecule is C#C/C=C\C[CH2]. The first kappa shape index (κ1) is 5.30. The summed E-state index contributed by atoms with van der Waals surface area (Å²) in [4.78, 5) is 0. The van der Waals surface area contributed by atoms with Crippen LogP contribution >= 0.6 is 0 Å². The molecule has 0 atom stereocenters. The summed E-state index contributed by atoms with van der Waals surface area (Å²) in [7, 11) is 0. The van der Waals surface area contributed by atoms with Crippen LogP contribution in [0.15, 0.2) is 12.2 Å². The monoisotopic (exact) mass is 79.1 g/mol. The summed E-state index contributed by atoms with van der Waals surface area (Å²) in [6, 6.07) is 0. The van der Waals surface area contributed by atoms with Gasteiger partial charge in [0.2, 0.25) is 0 Å². The van der Waals surface area contributed by atoms with Gasteiger partial charge in [0.1, 0.15) is 0 Å². The van der Waals surface area contributed by atoms with Gasteiger partial charge in [-0.3, -0.25) is 0 Å². The van der Waals surface area contributed by atoms with Crippen molar-refractivity contribution in [2.45, 2.75) is 6.42 Å². The van der Waals surface area contributed by atoms with E-state index >= 15 is 0 Å². The van der Waals surface area contributed by atoms with Gasteiger partial charge in [-0.05, 0) is 19.4 Å². The van der Waals surface area contributed by atoms with Gasteiger partial charge in [-0.15, -0.1) is 6.42 Å². The molecule has 0 saturated heterocycles. The molecule has 0 aromatic carbocycles. The van der Waals surface area contributed by atoms with Crippen molar-refractivity contribution in [2.75, 3.05) is 0 Å². The molecule has 1 radical (unpaired) electrons. The molecule has 0 aliphatic carbocycles. The van der Waals surface area contributed by atoms with Crippen molar-refractivity contribution in [1.29, 1.82) is 0 Å². The lowest BCUT2D eigenvalue weighted by Gasteiger charge is -1.65. The molecule has 0 N–H and O–H groups in total. The molecule has 0 unspecified atom stereocenters. The lowest BCUT2D eigenvalue weighted by atomic mass is 10.4. The Bertz CT molecular complexity index is 72.5. The molecule has 0 saturated carbocycles. The van der Waals surface area contributed by atoms with Crippen LogP contribution in [0.25, 0.3) is 0 Å². The highest BCUT2D eigenvalue weighted by Gasteiger charge is 1.55. The molecule has 0 aromatic heterocycles. The van der Waals surface area contributed by atoms with Crippen LogP contribution in [0.5, 0.6) is 0 Å². The Balaban J connectivity index is 3.02. The van der Waals surface area contributed by atoms with Crippen molar-refractivity contribution in [2.24, 2.45) is 0 Å². The van der Waals surface area contributed by atoms with E-state index in [2.05, 4.69) is 12.8 Å². The molecule has 0 heterocycles. The van der Waals surface area contributed by atoms with Crippen molar-refractivity contribution in [3.05, 3.63) is 19.1 Å². The van der Waals surface area contributed by atoms with Gasteiger partial charge in [0, 0.05) is 0 Å². The van der Waals surface area contributed by atoms with Crippen molar-refractivity contribution >= 4 is 0 Å². The number of hydrogen-bond acceptors (Lipinski definition) is 0. The van der Waals surface area contributed by atoms with Crippen LogP contribution in [-0.4, -0.2) is 0 Å². The topological polar surface area (TPSA) is 0 Å². The quantitative estimate of drug-likeness (QED) is 0.417. The lowest BCUT2D eigenvalue weighted by Crippen LogP contribution is -1.47. The average Bonchev–Trinajstić information content (AvgIpc) is 1.61. The smallest absolute Gasteiger partial charge is 0.0162 e. The van der Waals surface area contributed by atoms with Crippen LogP contribution in [0.3, 0.4) is 0 Å². The molecule has 0 rings (SSSR count). The minimum absolute atomic E-state index is 0.782. The molecule has 0 aliphatic heterocycles. The van der Waals surface area contributed by atoms with Crippen LogP contribution in [0.2, 0.25) is 0 Å². The van der Waals surface area contributed by atoms with Gasteiger partial charge < -0.3 is 0 Å². The molecule has 0 nitrogen and oxygen atoms in total. The molecule has 0 fully saturated rings. The van der Waals surface area contributed by atoms with Gasteiger partial charge in [0.15, 0.2) is 0 Å². The fourth-order valence-corrected chi connectivity index (χ4v) is 0.151. The molecular formula is C6H7. The second-order valence-electron chi connectivity index (χ2n) is 0.858. The van der Waals surface area contributed by atoms with Crippen molar-refractivity contribution in [3.8, 4) is 12.3 Å². The Kier molecular flexibility index (Phi) is 3.80. The van der Waals surface area contributed by atoms with Crippen LogP contribution < -0.4 is 0 Å². The summed E-state index contributed by atoms with van der Waals surface area (Å²) < 4.78 is 0. The molecule has 0 aromatic rings. The molecule has 0 spiro atoms. The maximum absolute atomic E-state index is 4.85. The van der Waals surface area contributed by atoms with Crippen LogP contribution in [0.1, 0.15) is 6.42 Å². The Hall–Kier alpha value is -0.700. The van der Waals surface area contributed by atoms with Gasteiger partial charge in [0.25, 0.3) is 0 Å². The van der Waals surface area contributed by atoms with Gasteiger partial charge in [0.05, 0.1) is 0 Å². The first-order valence-electron chi connectivity index (χ1n) is 1.82. The number of allylic oxidation sites excluding steroid dienone is 2. The lowest BCUT2D eigenvalue weighted by molar-refractivity contribution is 1.41. The van der Waals surface area contributed by atoms with E-state index in [1.807, 2.05) is 6.08 Å². The predicted molar refractivity (Wildman–Crippen MR) is 27.9 cm³/mol. The zero-order chi connectivity index (χ0) is 4.83. The first-order chi connectivity index (χ1) is 2.91. The standard InChI is InChI=1S/C6H7/c1-3-5-6-4-2/h1,5-6H,2,4H2/b6-5-. The van der Waals surface area contributed by atoms with E-state index in [9.17, 15) is 0 Å². The Morgan fingerprint density at radius 2 is 2.50 bits per heavy atom. The first-order valence-corrected chi connectivity index (χ1v) is 1.82. The maximum Gasteiger partial charge on any atom is -0.0162 e. The van der Waals surface area contributed by atoms with E-state index in [1.165, 1.54) is 0 Å². The van der Waals surface area contributed by atoms with Gasteiger partial charge in [-0.2, -0.15) is 0 Å². The van der Waals surface area contributed by atoms with Crippen molar-refractivity contribution in [3.63, 3.8) is 0 Å². The minimum Gasteiger partial charge on any atom is -0.115 e. The van der Waals surface area contributed by atoms with Crippen LogP contribution in [-0.2, 0) is 0 Å². The predicted octanol–water partition coefficient (Wildman–Crippen LogP) is 1.40. The number of hydrogen-bond donors (Lipinski definition) is 0. The fourth-order valence-electron chi connectivity index (χ4n) is 0.151. The fraction of sp³-hybridized carbons (Fsp3) is 0.167. The minimum atomic E-state index is 0.782. The molecule has 0 bridgehead atoms. The second kappa shape index (κ2) is 4.30. The van der Waals surface area contributed by atoms with E-state index < -0.39 is 0 Å². The second-order valence-corrected chi connectivity index (χ2v) is 0.858. The molecule has 31 valence electrons. The van der Waals surface area contributed by atoms with Gasteiger partial charge >= 0.3 is 0 Å². The van der Waals surface area contributed by atoms with Gasteiger partial charge in [-0.25, -0.2) is 0 Å². The average molecular weight is 79.1 g/mol. The Labute approximate surface area is 38.9 Å². The third-order valence-electron chi connectivity index (χ3n) is 0.381. The van der Waals surface area contributed by atoms with E-state index in [0.717, 1.165) is 6.42 Å². The normalized spacial score (nSPS) is 8.67. The largest absolute Gasteiger partial charge is 0.115 e. The maximum atomic E-state index is 4.85. The third-order valence-corrected chi connectivity index (χ3v) is 0.381. The Morgan fingerprint density at radius 3 is 2.67 bits per heavy atom. The Morgan fingerprint density at radius 1 is 1.83 bits per heavy atom. The summed E-state index contributed by atoms with van der Waals surface area (Å²) in [5, 5.41) is 0. The summed E-state index contributed by atoms with van der Waals surface area (Å²) >= 11 is 0. The van der Waals surface area contributed by atoms with Gasteiger partial charge in [-0.1, -0.05) is 12.0 Å². The molecule has 0 aliphatic rings. The van der Waals surface area contributed by atoms with Crippen LogP contribution in [0.4, 0.5) is 0 Å². The third kappa shape index (κ3) is 3.30. The van der Waals surface area contributed by atoms with E-state index in [-0.39, 0.29) is 0 Å². The molecule has 0 heteroatoms. The highest BCUT2D eigenvalue weighted by Crippen LogP contribution is 1.73.